The second-order valence-corrected chi connectivity index (χ2v) is 5.63. The van der Waals surface area contributed by atoms with Crippen molar-refractivity contribution in [1.29, 1.82) is 0 Å². The molecule has 3 heteroatoms. The van der Waals surface area contributed by atoms with Gasteiger partial charge in [-0.05, 0) is 49.1 Å². The van der Waals surface area contributed by atoms with Gasteiger partial charge in [-0.1, -0.05) is 41.4 Å². The van der Waals surface area contributed by atoms with Gasteiger partial charge in [-0.25, -0.2) is 4.39 Å². The fraction of sp³-hybridized carbons (Fsp3) is 0.250. The van der Waals surface area contributed by atoms with Crippen molar-refractivity contribution in [2.45, 2.75) is 26.1 Å². The smallest absolute Gasteiger partial charge is 0.142 e. The van der Waals surface area contributed by atoms with E-state index in [2.05, 4.69) is 12.1 Å². The Morgan fingerprint density at radius 2 is 1.63 bits per heavy atom. The van der Waals surface area contributed by atoms with Gasteiger partial charge in [0.05, 0.1) is 10.4 Å². The van der Waals surface area contributed by atoms with Gasteiger partial charge in [0.15, 0.2) is 0 Å². The molecule has 0 spiro atoms. The zero-order valence-corrected chi connectivity index (χ0v) is 12.6. The molecule has 100 valence electrons. The second kappa shape index (κ2) is 5.52. The van der Waals surface area contributed by atoms with Gasteiger partial charge >= 0.3 is 0 Å². The molecule has 0 saturated carbocycles. The molecule has 0 nitrogen and oxygen atoms in total. The third-order valence-electron chi connectivity index (χ3n) is 3.25. The molecule has 0 N–H and O–H groups in total. The summed E-state index contributed by atoms with van der Waals surface area (Å²) in [5.41, 5.74) is 4.99. The highest BCUT2D eigenvalue weighted by Crippen LogP contribution is 2.38. The maximum absolute atomic E-state index is 13.5. The van der Waals surface area contributed by atoms with Crippen LogP contribution < -0.4 is 0 Å². The Morgan fingerprint density at radius 1 is 1.05 bits per heavy atom. The van der Waals surface area contributed by atoms with Gasteiger partial charge in [-0.3, -0.25) is 0 Å². The van der Waals surface area contributed by atoms with E-state index < -0.39 is 11.2 Å². The van der Waals surface area contributed by atoms with Crippen molar-refractivity contribution >= 4 is 23.2 Å². The Balaban J connectivity index is 2.56. The molecule has 0 bridgehead atoms. The minimum atomic E-state index is -0.441. The summed E-state index contributed by atoms with van der Waals surface area (Å²) >= 11 is 12.5. The number of hydrogen-bond donors (Lipinski definition) is 0. The minimum absolute atomic E-state index is 0.0990. The average Bonchev–Trinajstić information content (AvgIpc) is 2.31. The summed E-state index contributed by atoms with van der Waals surface area (Å²) in [7, 11) is 0. The summed E-state index contributed by atoms with van der Waals surface area (Å²) in [6.45, 7) is 6.07. The molecule has 0 aliphatic carbocycles. The van der Waals surface area contributed by atoms with E-state index >= 15 is 0 Å². The second-order valence-electron chi connectivity index (χ2n) is 4.82. The number of benzene rings is 2. The first-order valence-electron chi connectivity index (χ1n) is 6.07. The standard InChI is InChI=1S/C16H15Cl2F/c1-9-7-10(2)14(11(3)8-9)16(18)12-5-4-6-13(19)15(12)17/h4-8,16H,1-3H3. The van der Waals surface area contributed by atoms with Crippen molar-refractivity contribution in [3.63, 3.8) is 0 Å². The van der Waals surface area contributed by atoms with Crippen molar-refractivity contribution in [3.8, 4) is 0 Å². The third kappa shape index (κ3) is 2.77. The molecule has 0 fully saturated rings. The van der Waals surface area contributed by atoms with Crippen LogP contribution in [0.3, 0.4) is 0 Å². The molecule has 0 amide bonds. The van der Waals surface area contributed by atoms with Crippen LogP contribution in [-0.2, 0) is 0 Å². The molecule has 1 atom stereocenters. The van der Waals surface area contributed by atoms with Crippen molar-refractivity contribution in [2.24, 2.45) is 0 Å². The highest BCUT2D eigenvalue weighted by Gasteiger charge is 2.20. The molecule has 0 saturated heterocycles. The molecule has 0 aliphatic heterocycles. The number of rotatable bonds is 2. The summed E-state index contributed by atoms with van der Waals surface area (Å²) in [6, 6.07) is 8.88. The number of hydrogen-bond acceptors (Lipinski definition) is 0. The monoisotopic (exact) mass is 296 g/mol. The number of aryl methyl sites for hydroxylation is 3. The molecular weight excluding hydrogens is 282 g/mol. The largest absolute Gasteiger partial charge is 0.205 e. The number of halogens is 3. The van der Waals surface area contributed by atoms with E-state index in [0.717, 1.165) is 16.7 Å². The van der Waals surface area contributed by atoms with Crippen molar-refractivity contribution in [2.75, 3.05) is 0 Å². The fourth-order valence-corrected chi connectivity index (χ4v) is 3.28. The summed E-state index contributed by atoms with van der Waals surface area (Å²) in [4.78, 5) is 0. The maximum atomic E-state index is 13.5. The van der Waals surface area contributed by atoms with Crippen LogP contribution in [0.5, 0.6) is 0 Å². The van der Waals surface area contributed by atoms with Gasteiger partial charge in [0, 0.05) is 0 Å². The lowest BCUT2D eigenvalue weighted by Gasteiger charge is -2.18. The van der Waals surface area contributed by atoms with Crippen LogP contribution >= 0.6 is 23.2 Å². The van der Waals surface area contributed by atoms with Gasteiger partial charge in [0.25, 0.3) is 0 Å². The normalized spacial score (nSPS) is 12.5. The highest BCUT2D eigenvalue weighted by molar-refractivity contribution is 6.33. The maximum Gasteiger partial charge on any atom is 0.142 e. The van der Waals surface area contributed by atoms with Crippen molar-refractivity contribution in [3.05, 3.63) is 69.0 Å². The van der Waals surface area contributed by atoms with E-state index in [1.165, 1.54) is 11.6 Å². The third-order valence-corrected chi connectivity index (χ3v) is 4.10. The minimum Gasteiger partial charge on any atom is -0.205 e. The molecule has 0 radical (unpaired) electrons. The molecule has 1 unspecified atom stereocenters. The predicted octanol–water partition coefficient (Wildman–Crippen LogP) is 5.73. The molecule has 2 aromatic rings. The molecule has 0 heterocycles. The van der Waals surface area contributed by atoms with Crippen molar-refractivity contribution in [1.82, 2.24) is 0 Å². The summed E-state index contributed by atoms with van der Waals surface area (Å²) in [5, 5.41) is -0.342. The van der Waals surface area contributed by atoms with Crippen molar-refractivity contribution < 1.29 is 4.39 Å². The first kappa shape index (κ1) is 14.4. The van der Waals surface area contributed by atoms with Gasteiger partial charge < -0.3 is 0 Å². The fourth-order valence-electron chi connectivity index (χ4n) is 2.46. The zero-order valence-electron chi connectivity index (χ0n) is 11.1. The first-order chi connectivity index (χ1) is 8.91. The lowest BCUT2D eigenvalue weighted by atomic mass is 9.94. The Morgan fingerprint density at radius 3 is 2.21 bits per heavy atom. The summed E-state index contributed by atoms with van der Waals surface area (Å²) in [5.74, 6) is -0.438. The first-order valence-corrected chi connectivity index (χ1v) is 6.89. The quantitative estimate of drug-likeness (QED) is 0.621. The number of alkyl halides is 1. The Labute approximate surface area is 123 Å². The van der Waals surface area contributed by atoms with Crippen LogP contribution in [0.1, 0.15) is 33.2 Å². The van der Waals surface area contributed by atoms with Gasteiger partial charge in [0.2, 0.25) is 0 Å². The van der Waals surface area contributed by atoms with Crippen LogP contribution in [0.15, 0.2) is 30.3 Å². The Bertz CT molecular complexity index is 597. The zero-order chi connectivity index (χ0) is 14.2. The molecule has 19 heavy (non-hydrogen) atoms. The predicted molar refractivity (Wildman–Crippen MR) is 79.8 cm³/mol. The molecule has 2 aromatic carbocycles. The molecule has 0 aromatic heterocycles. The van der Waals surface area contributed by atoms with E-state index in [0.29, 0.717) is 5.56 Å². The van der Waals surface area contributed by atoms with Crippen LogP contribution in [0.2, 0.25) is 5.02 Å². The molecular formula is C16H15Cl2F. The average molecular weight is 297 g/mol. The van der Waals surface area contributed by atoms with Crippen LogP contribution in [0.25, 0.3) is 0 Å². The van der Waals surface area contributed by atoms with Gasteiger partial charge in [0.1, 0.15) is 5.82 Å². The lowest BCUT2D eigenvalue weighted by Crippen LogP contribution is -2.02. The topological polar surface area (TPSA) is 0 Å². The lowest BCUT2D eigenvalue weighted by molar-refractivity contribution is 0.626. The van der Waals surface area contributed by atoms with E-state index in [4.69, 9.17) is 23.2 Å². The van der Waals surface area contributed by atoms with Crippen LogP contribution in [-0.4, -0.2) is 0 Å². The van der Waals surface area contributed by atoms with E-state index in [9.17, 15) is 4.39 Å². The summed E-state index contributed by atoms with van der Waals surface area (Å²) < 4.78 is 13.5. The van der Waals surface area contributed by atoms with E-state index in [1.807, 2.05) is 20.8 Å². The SMILES string of the molecule is Cc1cc(C)c(C(Cl)c2cccc(F)c2Cl)c(C)c1. The summed E-state index contributed by atoms with van der Waals surface area (Å²) in [6.07, 6.45) is 0. The van der Waals surface area contributed by atoms with E-state index in [-0.39, 0.29) is 5.02 Å². The van der Waals surface area contributed by atoms with Gasteiger partial charge in [-0.2, -0.15) is 0 Å². The molecule has 0 aliphatic rings. The Kier molecular flexibility index (Phi) is 4.17. The van der Waals surface area contributed by atoms with Gasteiger partial charge in [-0.15, -0.1) is 11.6 Å². The van der Waals surface area contributed by atoms with Crippen LogP contribution in [0, 0.1) is 26.6 Å². The van der Waals surface area contributed by atoms with Crippen LogP contribution in [0.4, 0.5) is 4.39 Å². The van der Waals surface area contributed by atoms with E-state index in [1.54, 1.807) is 12.1 Å². The molecule has 2 rings (SSSR count). The Hall–Kier alpha value is -1.05. The highest BCUT2D eigenvalue weighted by atomic mass is 35.5.